The van der Waals surface area contributed by atoms with Crippen LogP contribution in [0.15, 0.2) is 30.3 Å². The van der Waals surface area contributed by atoms with Gasteiger partial charge in [0, 0.05) is 25.3 Å². The molecule has 0 unspecified atom stereocenters. The lowest BCUT2D eigenvalue weighted by atomic mass is 10.00. The molecule has 192 valence electrons. The van der Waals surface area contributed by atoms with E-state index in [1.165, 1.54) is 11.1 Å². The number of carbonyl (C=O) groups is 1. The fraction of sp³-hybridized carbons (Fsp3) is 0.500. The molecule has 1 aliphatic carbocycles. The second-order valence-electron chi connectivity index (χ2n) is 8.96. The molecule has 3 nitrogen and oxygen atoms in total. The zero-order valence-corrected chi connectivity index (χ0v) is 19.9. The molecule has 0 atom stereocenters. The Bertz CT molecular complexity index is 1010. The number of carbonyl (C=O) groups excluding carboxylic acids is 1. The average Bonchev–Trinajstić information content (AvgIpc) is 3.23. The van der Waals surface area contributed by atoms with E-state index < -0.39 is 35.9 Å². The molecule has 0 saturated heterocycles. The van der Waals surface area contributed by atoms with E-state index in [-0.39, 0.29) is 18.1 Å². The summed E-state index contributed by atoms with van der Waals surface area (Å²) >= 11 is 0. The van der Waals surface area contributed by atoms with E-state index in [0.717, 1.165) is 56.4 Å². The van der Waals surface area contributed by atoms with E-state index in [1.807, 2.05) is 6.07 Å². The van der Waals surface area contributed by atoms with Crippen LogP contribution >= 0.6 is 0 Å². The van der Waals surface area contributed by atoms with Crippen molar-refractivity contribution in [3.8, 4) is 0 Å². The minimum atomic E-state index is -4.93. The molecule has 35 heavy (non-hydrogen) atoms. The third-order valence-electron chi connectivity index (χ3n) is 6.11. The highest BCUT2D eigenvalue weighted by molar-refractivity contribution is 5.81. The average molecular weight is 501 g/mol. The Morgan fingerprint density at radius 2 is 1.40 bits per heavy atom. The molecule has 3 rings (SSSR count). The fourth-order valence-corrected chi connectivity index (χ4v) is 4.55. The molecule has 9 heteroatoms. The predicted molar refractivity (Wildman–Crippen MR) is 123 cm³/mol. The van der Waals surface area contributed by atoms with Crippen LogP contribution in [0, 0.1) is 0 Å². The van der Waals surface area contributed by atoms with Gasteiger partial charge in [-0.2, -0.15) is 26.3 Å². The van der Waals surface area contributed by atoms with Crippen molar-refractivity contribution in [1.29, 1.82) is 0 Å². The van der Waals surface area contributed by atoms with Crippen LogP contribution in [0.4, 0.5) is 32.0 Å². The predicted octanol–water partition coefficient (Wildman–Crippen LogP) is 6.70. The van der Waals surface area contributed by atoms with Gasteiger partial charge in [-0.3, -0.25) is 4.79 Å². The Kier molecular flexibility index (Phi) is 8.38. The topological polar surface area (TPSA) is 32.3 Å². The zero-order valence-electron chi connectivity index (χ0n) is 19.9. The summed E-state index contributed by atoms with van der Waals surface area (Å²) in [5, 5.41) is 2.51. The molecule has 2 aromatic carbocycles. The van der Waals surface area contributed by atoms with Gasteiger partial charge in [-0.05, 0) is 78.6 Å². The van der Waals surface area contributed by atoms with Crippen LogP contribution in [-0.4, -0.2) is 19.0 Å². The van der Waals surface area contributed by atoms with Gasteiger partial charge in [0.1, 0.15) is 0 Å². The van der Waals surface area contributed by atoms with E-state index in [4.69, 9.17) is 0 Å². The summed E-state index contributed by atoms with van der Waals surface area (Å²) in [5.41, 5.74) is 1.21. The van der Waals surface area contributed by atoms with Gasteiger partial charge >= 0.3 is 12.4 Å². The minimum absolute atomic E-state index is 0.00235. The van der Waals surface area contributed by atoms with Gasteiger partial charge in [-0.25, -0.2) is 0 Å². The lowest BCUT2D eigenvalue weighted by Gasteiger charge is -2.27. The van der Waals surface area contributed by atoms with Crippen LogP contribution < -0.4 is 10.2 Å². The summed E-state index contributed by atoms with van der Waals surface area (Å²) in [4.78, 5) is 15.0. The number of anilines is 1. The zero-order chi connectivity index (χ0) is 25.8. The van der Waals surface area contributed by atoms with Gasteiger partial charge in [0.05, 0.1) is 17.5 Å². The number of aryl methyl sites for hydroxylation is 2. The Labute approximate surface area is 201 Å². The van der Waals surface area contributed by atoms with Crippen molar-refractivity contribution in [1.82, 2.24) is 5.32 Å². The number of nitrogens with one attached hydrogen (secondary N) is 1. The summed E-state index contributed by atoms with van der Waals surface area (Å²) in [6.07, 6.45) is -5.04. The number of rotatable bonds is 9. The molecule has 0 spiro atoms. The molecule has 0 saturated carbocycles. The first-order valence-electron chi connectivity index (χ1n) is 11.9. The molecule has 0 aromatic heterocycles. The third-order valence-corrected chi connectivity index (χ3v) is 6.11. The number of fused-ring (bicyclic) bond motifs is 1. The number of amides is 1. The first-order valence-corrected chi connectivity index (χ1v) is 11.9. The molecule has 0 heterocycles. The normalized spacial score (nSPS) is 13.6. The SMILES string of the molecule is CCCN(CCC)c1cc2c(cc1CC(=O)NCc1cc(C(F)(F)F)cc(C(F)(F)F)c1)CCC2. The highest BCUT2D eigenvalue weighted by Gasteiger charge is 2.36. The number of alkyl halides is 6. The number of hydrogen-bond donors (Lipinski definition) is 1. The smallest absolute Gasteiger partial charge is 0.371 e. The van der Waals surface area contributed by atoms with Crippen molar-refractivity contribution >= 4 is 11.6 Å². The van der Waals surface area contributed by atoms with Crippen molar-refractivity contribution in [3.63, 3.8) is 0 Å². The monoisotopic (exact) mass is 500 g/mol. The number of nitrogens with zero attached hydrogens (tertiary/aromatic N) is 1. The van der Waals surface area contributed by atoms with Crippen molar-refractivity contribution in [2.24, 2.45) is 0 Å². The van der Waals surface area contributed by atoms with Gasteiger partial charge in [0.15, 0.2) is 0 Å². The van der Waals surface area contributed by atoms with Gasteiger partial charge in [0.2, 0.25) is 5.91 Å². The molecular formula is C26H30F6N2O. The molecular weight excluding hydrogens is 470 g/mol. The van der Waals surface area contributed by atoms with Crippen LogP contribution in [0.3, 0.4) is 0 Å². The van der Waals surface area contributed by atoms with Crippen molar-refractivity contribution in [2.75, 3.05) is 18.0 Å². The van der Waals surface area contributed by atoms with E-state index in [9.17, 15) is 31.1 Å². The van der Waals surface area contributed by atoms with Crippen LogP contribution in [0.2, 0.25) is 0 Å². The lowest BCUT2D eigenvalue weighted by molar-refractivity contribution is -0.143. The summed E-state index contributed by atoms with van der Waals surface area (Å²) in [6.45, 7) is 5.37. The van der Waals surface area contributed by atoms with Gasteiger partial charge in [-0.15, -0.1) is 0 Å². The van der Waals surface area contributed by atoms with Crippen LogP contribution in [0.25, 0.3) is 0 Å². The number of hydrogen-bond acceptors (Lipinski definition) is 2. The van der Waals surface area contributed by atoms with Crippen LogP contribution in [0.1, 0.15) is 66.5 Å². The van der Waals surface area contributed by atoms with E-state index in [2.05, 4.69) is 30.1 Å². The molecule has 0 bridgehead atoms. The number of benzene rings is 2. The van der Waals surface area contributed by atoms with Gasteiger partial charge in [0.25, 0.3) is 0 Å². The van der Waals surface area contributed by atoms with Gasteiger partial charge in [-0.1, -0.05) is 19.9 Å². The summed E-state index contributed by atoms with van der Waals surface area (Å²) in [6, 6.07) is 5.53. The quantitative estimate of drug-likeness (QED) is 0.389. The second kappa shape index (κ2) is 10.9. The van der Waals surface area contributed by atoms with Gasteiger partial charge < -0.3 is 10.2 Å². The Hall–Kier alpha value is -2.71. The molecule has 2 aromatic rings. The standard InChI is InChI=1S/C26H30F6N2O/c1-3-8-34(9-4-2)23-13-19-7-5-6-18(19)12-20(23)14-24(35)33-16-17-10-21(25(27,28)29)15-22(11-17)26(30,31)32/h10-13,15H,3-9,14,16H2,1-2H3,(H,33,35). The Morgan fingerprint density at radius 1 is 0.857 bits per heavy atom. The maximum absolute atomic E-state index is 13.1. The second-order valence-corrected chi connectivity index (χ2v) is 8.96. The molecule has 1 N–H and O–H groups in total. The molecule has 1 amide bonds. The molecule has 0 radical (unpaired) electrons. The van der Waals surface area contributed by atoms with Crippen molar-refractivity contribution in [2.45, 2.75) is 71.3 Å². The van der Waals surface area contributed by atoms with Crippen LogP contribution in [0.5, 0.6) is 0 Å². The van der Waals surface area contributed by atoms with E-state index in [1.54, 1.807) is 0 Å². The van der Waals surface area contributed by atoms with Crippen LogP contribution in [-0.2, 0) is 43.0 Å². The van der Waals surface area contributed by atoms with E-state index >= 15 is 0 Å². The molecule has 0 aliphatic heterocycles. The highest BCUT2D eigenvalue weighted by atomic mass is 19.4. The summed E-state index contributed by atoms with van der Waals surface area (Å²) in [5.74, 6) is -0.455. The first-order chi connectivity index (χ1) is 16.4. The Balaban J connectivity index is 1.81. The maximum atomic E-state index is 13.1. The largest absolute Gasteiger partial charge is 0.416 e. The number of halogens is 6. The molecule has 1 aliphatic rings. The first kappa shape index (κ1) is 26.9. The fourth-order valence-electron chi connectivity index (χ4n) is 4.55. The van der Waals surface area contributed by atoms with E-state index in [0.29, 0.717) is 12.1 Å². The summed E-state index contributed by atoms with van der Waals surface area (Å²) in [7, 11) is 0. The lowest BCUT2D eigenvalue weighted by Crippen LogP contribution is -2.29. The Morgan fingerprint density at radius 3 is 1.91 bits per heavy atom. The maximum Gasteiger partial charge on any atom is 0.416 e. The molecule has 0 fully saturated rings. The van der Waals surface area contributed by atoms with Crippen molar-refractivity contribution in [3.05, 3.63) is 63.7 Å². The summed E-state index contributed by atoms with van der Waals surface area (Å²) < 4.78 is 78.7. The van der Waals surface area contributed by atoms with Crippen molar-refractivity contribution < 1.29 is 31.1 Å². The third kappa shape index (κ3) is 6.92. The highest BCUT2D eigenvalue weighted by Crippen LogP contribution is 2.36. The minimum Gasteiger partial charge on any atom is -0.371 e.